The molecule has 0 fully saturated rings. The van der Waals surface area contributed by atoms with Crippen molar-refractivity contribution in [2.24, 2.45) is 0 Å². The Kier molecular flexibility index (Phi) is 9.99. The fraction of sp³-hybridized carbons (Fsp3) is 0.800. The van der Waals surface area contributed by atoms with E-state index in [1.54, 1.807) is 0 Å². The van der Waals surface area contributed by atoms with Crippen LogP contribution in [-0.2, 0) is 4.74 Å². The van der Waals surface area contributed by atoms with Crippen molar-refractivity contribution in [3.05, 3.63) is 30.3 Å². The first-order valence-electron chi connectivity index (χ1n) is 5.38. The number of carbonyl (C=O) groups is 1. The Bertz CT molecular complexity index is 552. The van der Waals surface area contributed by atoms with Crippen LogP contribution < -0.4 is 5.32 Å². The third-order valence-electron chi connectivity index (χ3n) is 2.46. The summed E-state index contributed by atoms with van der Waals surface area (Å²) in [5, 5.41) is 33.1. The van der Waals surface area contributed by atoms with Gasteiger partial charge >= 0.3 is 16.1 Å². The number of nitrogens with zero attached hydrogens (tertiary/aromatic N) is 3. The first-order valence-corrected chi connectivity index (χ1v) is 8.96. The molecule has 0 atom stereocenters. The Morgan fingerprint density at radius 3 is 1.48 bits per heavy atom. The number of ether oxygens (including phenoxy) is 1. The number of hydrogen-bond acceptors (Lipinski definition) is 13. The van der Waals surface area contributed by atoms with E-state index in [0.29, 0.717) is 0 Å². The fourth-order valence-corrected chi connectivity index (χ4v) is 3.45. The number of carbonyl (C=O) groups excluding carboxylic acids is 1. The highest BCUT2D eigenvalue weighted by Crippen LogP contribution is 2.65. The molecule has 0 radical (unpaired) electrons. The minimum atomic E-state index is -4.21. The van der Waals surface area contributed by atoms with Crippen LogP contribution in [-0.4, -0.2) is 40.9 Å². The Hall–Kier alpha value is -1.13. The molecule has 0 aromatic carbocycles. The zero-order chi connectivity index (χ0) is 21.5. The van der Waals surface area contributed by atoms with Crippen molar-refractivity contribution in [1.82, 2.24) is 5.32 Å². The van der Waals surface area contributed by atoms with Crippen molar-refractivity contribution in [2.45, 2.75) is 13.5 Å². The lowest BCUT2D eigenvalue weighted by Gasteiger charge is -2.34. The van der Waals surface area contributed by atoms with Gasteiger partial charge in [0.1, 0.15) is 24.3 Å². The summed E-state index contributed by atoms with van der Waals surface area (Å²) in [7, 11) is 0. The summed E-state index contributed by atoms with van der Waals surface area (Å²) in [6.07, 6.45) is -2.22. The molecule has 0 rings (SSSR count). The normalized spacial score (nSPS) is 12.3. The molecule has 0 saturated carbocycles. The van der Waals surface area contributed by atoms with Gasteiger partial charge in [-0.15, -0.1) is 0 Å². The lowest BCUT2D eigenvalue weighted by Crippen LogP contribution is -2.60. The molecule has 0 heterocycles. The molecule has 0 aromatic heterocycles. The molecule has 12 nitrogen and oxygen atoms in total. The fourth-order valence-electron chi connectivity index (χ4n) is 1.12. The summed E-state index contributed by atoms with van der Waals surface area (Å²) in [5.74, 6) is -4.21. The SMILES string of the molecule is O=C(NCC([N+](=O)[O-])([N+](=O)[O-])[N+](=O)[O-])OC(SF)(SF)C(SF)(SF)SF. The van der Waals surface area contributed by atoms with E-state index in [0.717, 1.165) is 5.32 Å². The summed E-state index contributed by atoms with van der Waals surface area (Å²) < 4.78 is 61.7. The average molecular weight is 502 g/mol. The van der Waals surface area contributed by atoms with E-state index in [1.165, 1.54) is 0 Å². The molecule has 0 aliphatic carbocycles. The van der Waals surface area contributed by atoms with E-state index in [4.69, 9.17) is 0 Å². The van der Waals surface area contributed by atoms with E-state index < -0.39 is 102 Å². The van der Waals surface area contributed by atoms with Crippen LogP contribution in [0.25, 0.3) is 0 Å². The molecule has 1 amide bonds. The van der Waals surface area contributed by atoms with Crippen molar-refractivity contribution in [1.29, 1.82) is 0 Å². The van der Waals surface area contributed by atoms with Gasteiger partial charge < -0.3 is 4.74 Å². The number of hydrogen-bond donors (Lipinski definition) is 1. The summed E-state index contributed by atoms with van der Waals surface area (Å²) in [6.45, 7) is -2.00. The minimum absolute atomic E-state index is 1.09. The van der Waals surface area contributed by atoms with Gasteiger partial charge in [-0.25, -0.2) is 4.79 Å². The lowest BCUT2D eigenvalue weighted by atomic mass is 10.4. The van der Waals surface area contributed by atoms with Gasteiger partial charge in [0.25, 0.3) is 3.41 Å². The number of halogens is 5. The third kappa shape index (κ3) is 4.83. The van der Waals surface area contributed by atoms with Gasteiger partial charge in [-0.05, 0) is 0 Å². The largest absolute Gasteiger partial charge is 0.717 e. The molecule has 156 valence electrons. The summed E-state index contributed by atoms with van der Waals surface area (Å²) in [4.78, 5) is 37.5. The molecule has 0 aromatic rings. The van der Waals surface area contributed by atoms with Crippen LogP contribution in [0.2, 0.25) is 0 Å². The highest BCUT2D eigenvalue weighted by atomic mass is 32.3. The number of nitrogens with one attached hydrogen (secondary N) is 1. The van der Waals surface area contributed by atoms with Crippen LogP contribution >= 0.6 is 60.7 Å². The second-order valence-corrected chi connectivity index (χ2v) is 8.58. The smallest absolute Gasteiger partial charge is 0.413 e. The van der Waals surface area contributed by atoms with Crippen molar-refractivity contribution >= 4 is 66.8 Å². The summed E-state index contributed by atoms with van der Waals surface area (Å²) >= 11 is -6.77. The highest BCUT2D eigenvalue weighted by Gasteiger charge is 2.71. The van der Waals surface area contributed by atoms with Crippen molar-refractivity contribution < 1.29 is 43.7 Å². The van der Waals surface area contributed by atoms with Crippen LogP contribution in [0.1, 0.15) is 0 Å². The van der Waals surface area contributed by atoms with E-state index in [9.17, 15) is 54.6 Å². The van der Waals surface area contributed by atoms with Crippen molar-refractivity contribution in [3.63, 3.8) is 0 Å². The molecular weight excluding hydrogens is 499 g/mol. The first-order chi connectivity index (χ1) is 12.5. The molecular formula is C5H3F5N4O8S5. The molecule has 0 saturated heterocycles. The standard InChI is InChI=1S/C5H3F5N4O8S5/c6-23-4(24-7,5(25-8,26-9)27-10)22-2(15)11-1-3(12(16)17,13(18)19)14(20)21/h1H2,(H,11,15). The Morgan fingerprint density at radius 1 is 0.852 bits per heavy atom. The average Bonchev–Trinajstić information content (AvgIpc) is 2.61. The van der Waals surface area contributed by atoms with Crippen LogP contribution in [0.3, 0.4) is 0 Å². The van der Waals surface area contributed by atoms with Crippen LogP contribution in [0.15, 0.2) is 0 Å². The van der Waals surface area contributed by atoms with E-state index >= 15 is 0 Å². The number of nitro groups is 3. The van der Waals surface area contributed by atoms with Gasteiger partial charge in [-0.1, -0.05) is 0 Å². The topological polar surface area (TPSA) is 168 Å². The summed E-state index contributed by atoms with van der Waals surface area (Å²) in [5.41, 5.74) is 0. The Morgan fingerprint density at radius 2 is 1.22 bits per heavy atom. The number of alkyl carbamates (subject to hydrolysis) is 1. The molecule has 0 bridgehead atoms. The third-order valence-corrected chi connectivity index (χ3v) is 7.40. The summed E-state index contributed by atoms with van der Waals surface area (Å²) in [6, 6.07) is 0. The highest BCUT2D eigenvalue weighted by molar-refractivity contribution is 8.32. The number of amides is 1. The Balaban J connectivity index is 5.65. The Labute approximate surface area is 166 Å². The lowest BCUT2D eigenvalue weighted by molar-refractivity contribution is -0.966. The first kappa shape index (κ1) is 25.9. The van der Waals surface area contributed by atoms with Gasteiger partial charge in [-0.3, -0.25) is 35.7 Å². The van der Waals surface area contributed by atoms with Crippen LogP contribution in [0, 0.1) is 30.3 Å². The maximum atomic E-state index is 13.1. The second kappa shape index (κ2) is 10.4. The van der Waals surface area contributed by atoms with E-state index in [1.807, 2.05) is 0 Å². The molecule has 0 spiro atoms. The van der Waals surface area contributed by atoms with Crippen molar-refractivity contribution in [2.75, 3.05) is 6.54 Å². The molecule has 0 aliphatic rings. The second-order valence-electron chi connectivity index (χ2n) is 3.79. The number of rotatable bonds is 12. The van der Waals surface area contributed by atoms with Gasteiger partial charge in [-0.2, -0.15) is 19.4 Å². The predicted octanol–water partition coefficient (Wildman–Crippen LogP) is 3.59. The molecule has 22 heteroatoms. The van der Waals surface area contributed by atoms with E-state index in [2.05, 4.69) is 4.74 Å². The van der Waals surface area contributed by atoms with Gasteiger partial charge in [0.15, 0.2) is 14.8 Å². The van der Waals surface area contributed by atoms with Crippen molar-refractivity contribution in [3.8, 4) is 0 Å². The predicted molar refractivity (Wildman–Crippen MR) is 87.2 cm³/mol. The minimum Gasteiger partial charge on any atom is -0.413 e. The van der Waals surface area contributed by atoms with E-state index in [-0.39, 0.29) is 0 Å². The zero-order valence-electron chi connectivity index (χ0n) is 11.7. The maximum Gasteiger partial charge on any atom is 0.717 e. The van der Waals surface area contributed by atoms with Gasteiger partial charge in [0.05, 0.1) is 36.4 Å². The van der Waals surface area contributed by atoms with Crippen LogP contribution in [0.5, 0.6) is 0 Å². The molecule has 0 aliphatic heterocycles. The quantitative estimate of drug-likeness (QED) is 0.178. The monoisotopic (exact) mass is 502 g/mol. The van der Waals surface area contributed by atoms with Gasteiger partial charge in [0, 0.05) is 0 Å². The van der Waals surface area contributed by atoms with Gasteiger partial charge in [0.2, 0.25) is 6.54 Å². The molecule has 1 N–H and O–H groups in total. The van der Waals surface area contributed by atoms with Crippen LogP contribution in [0.4, 0.5) is 24.2 Å². The molecule has 0 unspecified atom stereocenters. The maximum absolute atomic E-state index is 13.1. The zero-order valence-corrected chi connectivity index (χ0v) is 15.8. The molecule has 27 heavy (non-hydrogen) atoms.